The van der Waals surface area contributed by atoms with Crippen LogP contribution < -0.4 is 5.11 Å². The predicted molar refractivity (Wildman–Crippen MR) is 46.7 cm³/mol. The van der Waals surface area contributed by atoms with Gasteiger partial charge in [-0.3, -0.25) is 0 Å². The van der Waals surface area contributed by atoms with Crippen molar-refractivity contribution in [2.45, 2.75) is 11.3 Å². The summed E-state index contributed by atoms with van der Waals surface area (Å²) in [5.41, 5.74) is 0. The number of carboxylic acids is 1. The average Bonchev–Trinajstić information content (AvgIpc) is 2.08. The third kappa shape index (κ3) is 3.46. The zero-order valence-corrected chi connectivity index (χ0v) is 7.64. The highest BCUT2D eigenvalue weighted by atomic mass is 32.2. The molecule has 0 N–H and O–H groups in total. The van der Waals surface area contributed by atoms with E-state index in [0.29, 0.717) is 10.6 Å². The van der Waals surface area contributed by atoms with Gasteiger partial charge in [0.25, 0.3) is 0 Å². The van der Waals surface area contributed by atoms with Crippen molar-refractivity contribution in [2.75, 3.05) is 5.75 Å². The summed E-state index contributed by atoms with van der Waals surface area (Å²) < 4.78 is 12.9. The standard InChI is InChI=1S/C9H9FO2S/c10-7-3-1-2-4-8(7)13-6-5-9(11)12/h1-4H,5-6H2,(H,11,12)/p-1. The van der Waals surface area contributed by atoms with Crippen LogP contribution >= 0.6 is 11.8 Å². The number of halogens is 1. The van der Waals surface area contributed by atoms with Crippen LogP contribution in [0.3, 0.4) is 0 Å². The molecule has 0 aliphatic carbocycles. The normalized spacial score (nSPS) is 9.92. The lowest BCUT2D eigenvalue weighted by Gasteiger charge is -2.02. The van der Waals surface area contributed by atoms with Crippen LogP contribution in [0.15, 0.2) is 29.2 Å². The van der Waals surface area contributed by atoms with Gasteiger partial charge in [-0.15, -0.1) is 11.8 Å². The van der Waals surface area contributed by atoms with E-state index in [1.807, 2.05) is 0 Å². The molecular formula is C9H8FO2S-. The van der Waals surface area contributed by atoms with Crippen LogP contribution in [-0.4, -0.2) is 11.7 Å². The molecule has 0 aliphatic rings. The molecule has 0 saturated heterocycles. The van der Waals surface area contributed by atoms with Crippen LogP contribution in [0.25, 0.3) is 0 Å². The highest BCUT2D eigenvalue weighted by molar-refractivity contribution is 7.99. The molecule has 0 fully saturated rings. The molecule has 0 aromatic heterocycles. The molecule has 0 amide bonds. The molecule has 2 nitrogen and oxygen atoms in total. The van der Waals surface area contributed by atoms with E-state index in [-0.39, 0.29) is 12.2 Å². The van der Waals surface area contributed by atoms with Crippen LogP contribution in [0.2, 0.25) is 0 Å². The molecular weight excluding hydrogens is 191 g/mol. The Bertz CT molecular complexity index is 301. The second-order valence-electron chi connectivity index (χ2n) is 2.40. The van der Waals surface area contributed by atoms with Crippen molar-refractivity contribution in [3.05, 3.63) is 30.1 Å². The van der Waals surface area contributed by atoms with E-state index in [0.717, 1.165) is 0 Å². The Morgan fingerprint density at radius 1 is 1.46 bits per heavy atom. The fraction of sp³-hybridized carbons (Fsp3) is 0.222. The Balaban J connectivity index is 2.45. The van der Waals surface area contributed by atoms with Gasteiger partial charge in [-0.1, -0.05) is 12.1 Å². The first-order valence-corrected chi connectivity index (χ1v) is 4.76. The van der Waals surface area contributed by atoms with E-state index in [1.165, 1.54) is 17.8 Å². The number of benzene rings is 1. The van der Waals surface area contributed by atoms with Crippen molar-refractivity contribution in [3.63, 3.8) is 0 Å². The van der Waals surface area contributed by atoms with Gasteiger partial charge in [0.05, 0.1) is 0 Å². The third-order valence-corrected chi connectivity index (χ3v) is 2.45. The highest BCUT2D eigenvalue weighted by Crippen LogP contribution is 2.21. The minimum absolute atomic E-state index is 0.0565. The quantitative estimate of drug-likeness (QED) is 0.681. The van der Waals surface area contributed by atoms with Gasteiger partial charge in [0.1, 0.15) is 5.82 Å². The summed E-state index contributed by atoms with van der Waals surface area (Å²) >= 11 is 1.18. The lowest BCUT2D eigenvalue weighted by atomic mass is 10.3. The molecule has 0 radical (unpaired) electrons. The molecule has 0 unspecified atom stereocenters. The van der Waals surface area contributed by atoms with Gasteiger partial charge < -0.3 is 9.90 Å². The second-order valence-corrected chi connectivity index (χ2v) is 3.54. The van der Waals surface area contributed by atoms with Gasteiger partial charge in [-0.2, -0.15) is 0 Å². The Morgan fingerprint density at radius 3 is 2.77 bits per heavy atom. The van der Waals surface area contributed by atoms with E-state index in [1.54, 1.807) is 18.2 Å². The number of carbonyl (C=O) groups is 1. The van der Waals surface area contributed by atoms with Crippen molar-refractivity contribution in [1.29, 1.82) is 0 Å². The lowest BCUT2D eigenvalue weighted by Crippen LogP contribution is -2.22. The summed E-state index contributed by atoms with van der Waals surface area (Å²) in [6, 6.07) is 6.28. The summed E-state index contributed by atoms with van der Waals surface area (Å²) in [4.78, 5) is 10.5. The van der Waals surface area contributed by atoms with Gasteiger partial charge in [0, 0.05) is 16.6 Å². The molecule has 0 atom stereocenters. The van der Waals surface area contributed by atoms with Crippen molar-refractivity contribution in [2.24, 2.45) is 0 Å². The van der Waals surface area contributed by atoms with Crippen molar-refractivity contribution in [1.82, 2.24) is 0 Å². The molecule has 0 bridgehead atoms. The largest absolute Gasteiger partial charge is 0.550 e. The summed E-state index contributed by atoms with van der Waals surface area (Å²) in [6.07, 6.45) is -0.0565. The molecule has 0 spiro atoms. The van der Waals surface area contributed by atoms with Gasteiger partial charge in [-0.05, 0) is 18.6 Å². The minimum atomic E-state index is -1.11. The van der Waals surface area contributed by atoms with Crippen molar-refractivity contribution in [3.8, 4) is 0 Å². The second kappa shape index (κ2) is 4.87. The SMILES string of the molecule is O=C([O-])CCSc1ccccc1F. The van der Waals surface area contributed by atoms with Crippen LogP contribution in [0.1, 0.15) is 6.42 Å². The van der Waals surface area contributed by atoms with Crippen LogP contribution in [0, 0.1) is 5.82 Å². The van der Waals surface area contributed by atoms with Gasteiger partial charge >= 0.3 is 0 Å². The Kier molecular flexibility index (Phi) is 3.76. The van der Waals surface area contributed by atoms with Crippen molar-refractivity contribution >= 4 is 17.7 Å². The zero-order chi connectivity index (χ0) is 9.68. The maximum absolute atomic E-state index is 12.9. The maximum Gasteiger partial charge on any atom is 0.136 e. The minimum Gasteiger partial charge on any atom is -0.550 e. The van der Waals surface area contributed by atoms with Gasteiger partial charge in [0.2, 0.25) is 0 Å². The molecule has 1 aromatic rings. The number of thioether (sulfide) groups is 1. The molecule has 1 aromatic carbocycles. The van der Waals surface area contributed by atoms with E-state index in [2.05, 4.69) is 0 Å². The third-order valence-electron chi connectivity index (χ3n) is 1.40. The predicted octanol–water partition coefficient (Wildman–Crippen LogP) is 1.06. The van der Waals surface area contributed by atoms with E-state index in [4.69, 9.17) is 0 Å². The Morgan fingerprint density at radius 2 is 2.15 bits per heavy atom. The van der Waals surface area contributed by atoms with Gasteiger partial charge in [0.15, 0.2) is 0 Å². The molecule has 1 rings (SSSR count). The fourth-order valence-corrected chi connectivity index (χ4v) is 1.68. The number of carbonyl (C=O) groups excluding carboxylic acids is 1. The number of aliphatic carboxylic acids is 1. The zero-order valence-electron chi connectivity index (χ0n) is 6.83. The average molecular weight is 199 g/mol. The lowest BCUT2D eigenvalue weighted by molar-refractivity contribution is -0.305. The summed E-state index contributed by atoms with van der Waals surface area (Å²) in [6.45, 7) is 0. The topological polar surface area (TPSA) is 40.1 Å². The number of hydrogen-bond acceptors (Lipinski definition) is 3. The number of rotatable bonds is 4. The number of carboxylic acid groups (broad SMARTS) is 1. The first-order chi connectivity index (χ1) is 6.20. The monoisotopic (exact) mass is 199 g/mol. The highest BCUT2D eigenvalue weighted by Gasteiger charge is 1.99. The molecule has 0 heterocycles. The number of hydrogen-bond donors (Lipinski definition) is 0. The summed E-state index contributed by atoms with van der Waals surface area (Å²) in [7, 11) is 0. The molecule has 70 valence electrons. The smallest absolute Gasteiger partial charge is 0.136 e. The Hall–Kier alpha value is -1.03. The first kappa shape index (κ1) is 10.1. The van der Waals surface area contributed by atoms with Crippen molar-refractivity contribution < 1.29 is 14.3 Å². The van der Waals surface area contributed by atoms with Crippen LogP contribution in [0.5, 0.6) is 0 Å². The van der Waals surface area contributed by atoms with E-state index < -0.39 is 5.97 Å². The molecule has 13 heavy (non-hydrogen) atoms. The Labute approximate surface area is 79.8 Å². The molecule has 4 heteroatoms. The summed E-state index contributed by atoms with van der Waals surface area (Å²) in [5.74, 6) is -1.09. The van der Waals surface area contributed by atoms with E-state index in [9.17, 15) is 14.3 Å². The van der Waals surface area contributed by atoms with E-state index >= 15 is 0 Å². The van der Waals surface area contributed by atoms with Crippen LogP contribution in [-0.2, 0) is 4.79 Å². The van der Waals surface area contributed by atoms with Gasteiger partial charge in [-0.25, -0.2) is 4.39 Å². The summed E-state index contributed by atoms with van der Waals surface area (Å²) in [5, 5.41) is 10.1. The maximum atomic E-state index is 12.9. The molecule has 0 saturated carbocycles. The molecule has 0 aliphatic heterocycles. The first-order valence-electron chi connectivity index (χ1n) is 3.77. The fourth-order valence-electron chi connectivity index (χ4n) is 0.806. The van der Waals surface area contributed by atoms with Crippen LogP contribution in [0.4, 0.5) is 4.39 Å².